The van der Waals surface area contributed by atoms with E-state index in [9.17, 15) is 33.6 Å². The van der Waals surface area contributed by atoms with Gasteiger partial charge in [0, 0.05) is 12.8 Å². The number of nitrogens with two attached hydrogens (primary N) is 2. The van der Waals surface area contributed by atoms with Crippen molar-refractivity contribution in [2.24, 2.45) is 17.4 Å². The number of hydrogen-bond donors (Lipinski definition) is 8. The van der Waals surface area contributed by atoms with Crippen molar-refractivity contribution >= 4 is 41.5 Å². The highest BCUT2D eigenvalue weighted by Crippen LogP contribution is 2.10. The average Bonchev–Trinajstić information content (AvgIpc) is 2.76. The van der Waals surface area contributed by atoms with Gasteiger partial charge in [-0.2, -0.15) is 0 Å². The van der Waals surface area contributed by atoms with Gasteiger partial charge in [0.1, 0.15) is 18.1 Å². The molecule has 0 rings (SSSR count). The summed E-state index contributed by atoms with van der Waals surface area (Å²) in [4.78, 5) is 82.0. The minimum Gasteiger partial charge on any atom is -0.481 e. The third-order valence-corrected chi connectivity index (χ3v) is 5.10. The fraction of sp³-hybridized carbons (Fsp3) is 0.650. The van der Waals surface area contributed by atoms with E-state index in [1.807, 2.05) is 5.32 Å². The molecule has 0 aliphatic heterocycles. The normalized spacial score (nSPS) is 14.9. The monoisotopic (exact) mass is 503 g/mol. The molecular formula is C20H33N5O10. The van der Waals surface area contributed by atoms with Crippen LogP contribution in [0.1, 0.15) is 52.4 Å². The second-order valence-electron chi connectivity index (χ2n) is 7.97. The van der Waals surface area contributed by atoms with E-state index < -0.39 is 78.0 Å². The molecule has 4 amide bonds. The molecule has 0 aliphatic rings. The van der Waals surface area contributed by atoms with Crippen molar-refractivity contribution in [3.8, 4) is 0 Å². The highest BCUT2D eigenvalue weighted by molar-refractivity contribution is 5.95. The molecule has 15 nitrogen and oxygen atoms in total. The van der Waals surface area contributed by atoms with Crippen LogP contribution in [-0.2, 0) is 33.6 Å². The average molecular weight is 504 g/mol. The van der Waals surface area contributed by atoms with Crippen LogP contribution < -0.4 is 27.4 Å². The van der Waals surface area contributed by atoms with Crippen molar-refractivity contribution in [2.75, 3.05) is 0 Å². The van der Waals surface area contributed by atoms with Gasteiger partial charge in [-0.25, -0.2) is 4.79 Å². The van der Waals surface area contributed by atoms with Gasteiger partial charge in [-0.3, -0.25) is 28.8 Å². The Kier molecular flexibility index (Phi) is 13.6. The topological polar surface area (TPSA) is 268 Å². The summed E-state index contributed by atoms with van der Waals surface area (Å²) in [5.41, 5.74) is 10.8. The zero-order valence-electron chi connectivity index (χ0n) is 19.5. The number of carbonyl (C=O) groups is 7. The van der Waals surface area contributed by atoms with Crippen molar-refractivity contribution in [2.45, 2.75) is 76.5 Å². The molecular weight excluding hydrogens is 470 g/mol. The van der Waals surface area contributed by atoms with Crippen LogP contribution in [0.3, 0.4) is 0 Å². The molecule has 0 spiro atoms. The van der Waals surface area contributed by atoms with Gasteiger partial charge in [0.15, 0.2) is 0 Å². The lowest BCUT2D eigenvalue weighted by molar-refractivity contribution is -0.147. The Hall–Kier alpha value is -3.75. The molecule has 0 bridgehead atoms. The summed E-state index contributed by atoms with van der Waals surface area (Å²) in [6, 6.07) is -5.70. The van der Waals surface area contributed by atoms with Gasteiger partial charge in [0.05, 0.1) is 12.5 Å². The van der Waals surface area contributed by atoms with Crippen LogP contribution in [0, 0.1) is 5.92 Å². The first kappa shape index (κ1) is 31.2. The first-order chi connectivity index (χ1) is 16.2. The predicted octanol–water partition coefficient (Wildman–Crippen LogP) is -2.50. The molecule has 0 fully saturated rings. The quantitative estimate of drug-likeness (QED) is 0.103. The number of rotatable bonds is 17. The number of primary amides is 1. The first-order valence-electron chi connectivity index (χ1n) is 10.8. The third-order valence-electron chi connectivity index (χ3n) is 5.10. The number of amides is 4. The van der Waals surface area contributed by atoms with Gasteiger partial charge in [0.25, 0.3) is 0 Å². The minimum atomic E-state index is -1.80. The summed E-state index contributed by atoms with van der Waals surface area (Å²) in [6.07, 6.45) is -1.77. The van der Waals surface area contributed by atoms with E-state index in [2.05, 4.69) is 10.6 Å². The Balaban J connectivity index is 5.62. The second-order valence-corrected chi connectivity index (χ2v) is 7.97. The van der Waals surface area contributed by atoms with Gasteiger partial charge in [-0.05, 0) is 18.8 Å². The standard InChI is InChI=1S/C20H33N5O10/c1-3-9(2)16(25-17(31)10(21)4-7-14(27)28)19(33)23-11(5-6-13(22)26)18(32)24-12(20(34)35)8-15(29)30/h9-12,16H,3-8,21H2,1-2H3,(H2,22,26)(H,23,33)(H,24,32)(H,25,31)(H,27,28)(H,29,30)(H,34,35). The maximum atomic E-state index is 13.0. The van der Waals surface area contributed by atoms with Gasteiger partial charge in [-0.1, -0.05) is 20.3 Å². The van der Waals surface area contributed by atoms with Crippen molar-refractivity contribution in [3.05, 3.63) is 0 Å². The fourth-order valence-corrected chi connectivity index (χ4v) is 2.84. The number of aliphatic carboxylic acids is 3. The Morgan fingerprint density at radius 2 is 1.34 bits per heavy atom. The Bertz CT molecular complexity index is 818. The van der Waals surface area contributed by atoms with Crippen LogP contribution in [0.25, 0.3) is 0 Å². The zero-order chi connectivity index (χ0) is 27.3. The molecule has 0 saturated heterocycles. The van der Waals surface area contributed by atoms with Crippen LogP contribution >= 0.6 is 0 Å². The van der Waals surface area contributed by atoms with Crippen LogP contribution in [0.2, 0.25) is 0 Å². The highest BCUT2D eigenvalue weighted by atomic mass is 16.4. The smallest absolute Gasteiger partial charge is 0.326 e. The van der Waals surface area contributed by atoms with Crippen molar-refractivity contribution in [1.29, 1.82) is 0 Å². The Morgan fingerprint density at radius 3 is 1.80 bits per heavy atom. The lowest BCUT2D eigenvalue weighted by Crippen LogP contribution is -2.58. The van der Waals surface area contributed by atoms with E-state index in [0.717, 1.165) is 0 Å². The number of hydrogen-bond acceptors (Lipinski definition) is 8. The van der Waals surface area contributed by atoms with E-state index >= 15 is 0 Å². The third kappa shape index (κ3) is 12.3. The number of carbonyl (C=O) groups excluding carboxylic acids is 4. The number of carboxylic acid groups (broad SMARTS) is 3. The second kappa shape index (κ2) is 15.2. The van der Waals surface area contributed by atoms with Crippen molar-refractivity contribution in [1.82, 2.24) is 16.0 Å². The summed E-state index contributed by atoms with van der Waals surface area (Å²) in [7, 11) is 0. The molecule has 5 unspecified atom stereocenters. The first-order valence-corrected chi connectivity index (χ1v) is 10.8. The molecule has 0 radical (unpaired) electrons. The molecule has 0 saturated carbocycles. The molecule has 0 aliphatic carbocycles. The van der Waals surface area contributed by atoms with E-state index in [1.54, 1.807) is 13.8 Å². The molecule has 198 valence electrons. The fourth-order valence-electron chi connectivity index (χ4n) is 2.84. The lowest BCUT2D eigenvalue weighted by Gasteiger charge is -2.27. The van der Waals surface area contributed by atoms with Crippen LogP contribution in [0.5, 0.6) is 0 Å². The number of nitrogens with one attached hydrogen (secondary N) is 3. The molecule has 0 heterocycles. The number of carboxylic acids is 3. The van der Waals surface area contributed by atoms with Gasteiger partial charge >= 0.3 is 17.9 Å². The zero-order valence-corrected chi connectivity index (χ0v) is 19.5. The van der Waals surface area contributed by atoms with Crippen molar-refractivity contribution in [3.63, 3.8) is 0 Å². The summed E-state index contributed by atoms with van der Waals surface area (Å²) >= 11 is 0. The molecule has 15 heteroatoms. The Morgan fingerprint density at radius 1 is 0.771 bits per heavy atom. The molecule has 10 N–H and O–H groups in total. The van der Waals surface area contributed by atoms with E-state index in [-0.39, 0.29) is 25.7 Å². The molecule has 0 aromatic heterocycles. The molecule has 5 atom stereocenters. The van der Waals surface area contributed by atoms with Crippen LogP contribution in [0.15, 0.2) is 0 Å². The van der Waals surface area contributed by atoms with Crippen molar-refractivity contribution < 1.29 is 48.9 Å². The molecule has 0 aromatic carbocycles. The van der Waals surface area contributed by atoms with Crippen LogP contribution in [0.4, 0.5) is 0 Å². The Labute approximate surface area is 201 Å². The van der Waals surface area contributed by atoms with Gasteiger partial charge in [-0.15, -0.1) is 0 Å². The maximum Gasteiger partial charge on any atom is 0.326 e. The largest absolute Gasteiger partial charge is 0.481 e. The lowest BCUT2D eigenvalue weighted by atomic mass is 9.96. The predicted molar refractivity (Wildman–Crippen MR) is 118 cm³/mol. The summed E-state index contributed by atoms with van der Waals surface area (Å²) in [5.74, 6) is -8.27. The van der Waals surface area contributed by atoms with Gasteiger partial charge in [0.2, 0.25) is 23.6 Å². The summed E-state index contributed by atoms with van der Waals surface area (Å²) in [5, 5.41) is 33.5. The van der Waals surface area contributed by atoms with Gasteiger partial charge < -0.3 is 42.7 Å². The van der Waals surface area contributed by atoms with E-state index in [1.165, 1.54) is 0 Å². The maximum absolute atomic E-state index is 13.0. The minimum absolute atomic E-state index is 0.181. The molecule has 0 aromatic rings. The SMILES string of the molecule is CCC(C)C(NC(=O)C(N)CCC(=O)O)C(=O)NC(CCC(N)=O)C(=O)NC(CC(=O)O)C(=O)O. The van der Waals surface area contributed by atoms with E-state index in [0.29, 0.717) is 6.42 Å². The van der Waals surface area contributed by atoms with E-state index in [4.69, 9.17) is 26.8 Å². The highest BCUT2D eigenvalue weighted by Gasteiger charge is 2.33. The summed E-state index contributed by atoms with van der Waals surface area (Å²) < 4.78 is 0. The van der Waals surface area contributed by atoms with Crippen LogP contribution in [-0.4, -0.2) is 81.0 Å². The molecule has 35 heavy (non-hydrogen) atoms. The summed E-state index contributed by atoms with van der Waals surface area (Å²) in [6.45, 7) is 3.35.